The van der Waals surface area contributed by atoms with Crippen molar-refractivity contribution in [3.8, 4) is 0 Å². The maximum atomic E-state index is 13.6. The van der Waals surface area contributed by atoms with Gasteiger partial charge in [-0.2, -0.15) is 4.31 Å². The van der Waals surface area contributed by atoms with Crippen molar-refractivity contribution in [2.75, 3.05) is 13.1 Å². The van der Waals surface area contributed by atoms with E-state index >= 15 is 0 Å². The zero-order chi connectivity index (χ0) is 22.3. The van der Waals surface area contributed by atoms with Gasteiger partial charge in [0, 0.05) is 23.5 Å². The number of benzene rings is 2. The fourth-order valence-corrected chi connectivity index (χ4v) is 6.93. The van der Waals surface area contributed by atoms with E-state index in [1.807, 2.05) is 49.4 Å². The molecule has 1 aliphatic carbocycles. The van der Waals surface area contributed by atoms with Crippen molar-refractivity contribution in [3.05, 3.63) is 83.4 Å². The summed E-state index contributed by atoms with van der Waals surface area (Å²) in [6.07, 6.45) is 7.13. The van der Waals surface area contributed by atoms with Crippen molar-refractivity contribution >= 4 is 26.7 Å². The van der Waals surface area contributed by atoms with Gasteiger partial charge in [-0.15, -0.1) is 0 Å². The van der Waals surface area contributed by atoms with E-state index in [2.05, 4.69) is 26.0 Å². The van der Waals surface area contributed by atoms with Gasteiger partial charge in [0.15, 0.2) is 0 Å². The molecule has 0 amide bonds. The molecule has 5 heteroatoms. The van der Waals surface area contributed by atoms with Crippen molar-refractivity contribution in [2.45, 2.75) is 44.9 Å². The number of allylic oxidation sites excluding steroid dienone is 2. The molecule has 0 aromatic heterocycles. The van der Waals surface area contributed by atoms with Crippen molar-refractivity contribution in [1.82, 2.24) is 4.31 Å². The van der Waals surface area contributed by atoms with Crippen LogP contribution in [0.3, 0.4) is 0 Å². The first-order valence-electron chi connectivity index (χ1n) is 10.8. The molecule has 2 aromatic carbocycles. The highest BCUT2D eigenvalue weighted by Crippen LogP contribution is 2.53. The van der Waals surface area contributed by atoms with E-state index in [1.165, 1.54) is 0 Å². The van der Waals surface area contributed by atoms with Crippen LogP contribution in [-0.4, -0.2) is 25.8 Å². The molecule has 1 heterocycles. The van der Waals surface area contributed by atoms with Gasteiger partial charge in [0.1, 0.15) is 0 Å². The van der Waals surface area contributed by atoms with Crippen molar-refractivity contribution in [2.24, 2.45) is 10.8 Å². The molecule has 1 fully saturated rings. The van der Waals surface area contributed by atoms with Crippen LogP contribution in [0.15, 0.2) is 77.2 Å². The standard InChI is InChI=1S/C26H30ClNO2S/c1-20-11-13-22(14-12-20)31(29,30)28-17-23(24(27)21-9-5-4-6-10-21)26(19-28)16-8-7-15-25(2,3)18-26/h4-14H,15-19H2,1-3H3/b24-23+/t26-/m0/s1. The van der Waals surface area contributed by atoms with Crippen molar-refractivity contribution in [3.63, 3.8) is 0 Å². The Morgan fingerprint density at radius 1 is 0.968 bits per heavy atom. The molecule has 0 N–H and O–H groups in total. The number of nitrogens with zero attached hydrogens (tertiary/aromatic N) is 1. The fourth-order valence-electron chi connectivity index (χ4n) is 5.05. The smallest absolute Gasteiger partial charge is 0.207 e. The lowest BCUT2D eigenvalue weighted by Crippen LogP contribution is -2.34. The highest BCUT2D eigenvalue weighted by atomic mass is 35.5. The third-order valence-electron chi connectivity index (χ3n) is 6.57. The van der Waals surface area contributed by atoms with Gasteiger partial charge in [-0.1, -0.05) is 85.6 Å². The SMILES string of the molecule is Cc1ccc(S(=O)(=O)N2C/C(=C(\Cl)c3ccccc3)[C@]3(CC=CCC(C)(C)C3)C2)cc1. The highest BCUT2D eigenvalue weighted by molar-refractivity contribution is 7.89. The quantitative estimate of drug-likeness (QED) is 0.502. The van der Waals surface area contributed by atoms with Gasteiger partial charge in [0.2, 0.25) is 10.0 Å². The van der Waals surface area contributed by atoms with Crippen molar-refractivity contribution in [1.29, 1.82) is 0 Å². The van der Waals surface area contributed by atoms with Crippen LogP contribution in [0.25, 0.3) is 5.03 Å². The van der Waals surface area contributed by atoms with Gasteiger partial charge in [-0.3, -0.25) is 0 Å². The van der Waals surface area contributed by atoms with Crippen LogP contribution in [-0.2, 0) is 10.0 Å². The van der Waals surface area contributed by atoms with Crippen LogP contribution >= 0.6 is 11.6 Å². The van der Waals surface area contributed by atoms with Crippen LogP contribution in [0.1, 0.15) is 44.2 Å². The molecule has 0 saturated carbocycles. The van der Waals surface area contributed by atoms with Gasteiger partial charge in [-0.25, -0.2) is 8.42 Å². The summed E-state index contributed by atoms with van der Waals surface area (Å²) >= 11 is 7.00. The highest BCUT2D eigenvalue weighted by Gasteiger charge is 2.49. The van der Waals surface area contributed by atoms with Gasteiger partial charge < -0.3 is 0 Å². The first kappa shape index (κ1) is 22.3. The molecular weight excluding hydrogens is 426 g/mol. The first-order chi connectivity index (χ1) is 14.6. The predicted octanol–water partition coefficient (Wildman–Crippen LogP) is 6.40. The molecular formula is C26H30ClNO2S. The van der Waals surface area contributed by atoms with Crippen LogP contribution in [0.5, 0.6) is 0 Å². The van der Waals surface area contributed by atoms with Crippen molar-refractivity contribution < 1.29 is 8.42 Å². The first-order valence-corrected chi connectivity index (χ1v) is 12.6. The van der Waals surface area contributed by atoms with E-state index in [0.717, 1.165) is 36.0 Å². The lowest BCUT2D eigenvalue weighted by molar-refractivity contribution is 0.209. The molecule has 0 unspecified atom stereocenters. The number of halogens is 1. The second-order valence-electron chi connectivity index (χ2n) is 9.75. The van der Waals surface area contributed by atoms with E-state index in [9.17, 15) is 8.42 Å². The number of hydrogen-bond acceptors (Lipinski definition) is 2. The Kier molecular flexibility index (Phi) is 5.93. The summed E-state index contributed by atoms with van der Waals surface area (Å²) in [4.78, 5) is 0.341. The minimum Gasteiger partial charge on any atom is -0.207 e. The van der Waals surface area contributed by atoms with E-state index in [-0.39, 0.29) is 10.8 Å². The van der Waals surface area contributed by atoms with E-state index in [0.29, 0.717) is 23.0 Å². The molecule has 1 saturated heterocycles. The van der Waals surface area contributed by atoms with E-state index < -0.39 is 10.0 Å². The predicted molar refractivity (Wildman–Crippen MR) is 128 cm³/mol. The summed E-state index contributed by atoms with van der Waals surface area (Å²) < 4.78 is 28.8. The van der Waals surface area contributed by atoms with Crippen LogP contribution < -0.4 is 0 Å². The Morgan fingerprint density at radius 2 is 1.61 bits per heavy atom. The molecule has 2 aromatic rings. The molecule has 2 aliphatic rings. The Bertz CT molecular complexity index is 1120. The lowest BCUT2D eigenvalue weighted by Gasteiger charge is -2.36. The summed E-state index contributed by atoms with van der Waals surface area (Å²) in [7, 11) is -3.61. The molecule has 31 heavy (non-hydrogen) atoms. The largest absolute Gasteiger partial charge is 0.243 e. The molecule has 164 valence electrons. The lowest BCUT2D eigenvalue weighted by atomic mass is 9.68. The number of hydrogen-bond donors (Lipinski definition) is 0. The zero-order valence-corrected chi connectivity index (χ0v) is 20.0. The number of aryl methyl sites for hydroxylation is 1. The summed E-state index contributed by atoms with van der Waals surface area (Å²) in [5.74, 6) is 0. The molecule has 1 aliphatic heterocycles. The zero-order valence-electron chi connectivity index (χ0n) is 18.4. The molecule has 3 nitrogen and oxygen atoms in total. The Balaban J connectivity index is 1.82. The summed E-state index contributed by atoms with van der Waals surface area (Å²) in [5, 5.41) is 0.688. The third kappa shape index (κ3) is 4.39. The maximum absolute atomic E-state index is 13.6. The molecule has 4 rings (SSSR count). The van der Waals surface area contributed by atoms with E-state index in [1.54, 1.807) is 16.4 Å². The maximum Gasteiger partial charge on any atom is 0.243 e. The molecule has 0 radical (unpaired) electrons. The topological polar surface area (TPSA) is 37.4 Å². The van der Waals surface area contributed by atoms with Crippen LogP contribution in [0, 0.1) is 17.8 Å². The van der Waals surface area contributed by atoms with Crippen LogP contribution in [0.2, 0.25) is 0 Å². The number of rotatable bonds is 3. The summed E-state index contributed by atoms with van der Waals surface area (Å²) in [5.41, 5.74) is 2.78. The second kappa shape index (κ2) is 8.23. The average molecular weight is 456 g/mol. The molecule has 1 spiro atoms. The fraction of sp³-hybridized carbons (Fsp3) is 0.385. The average Bonchev–Trinajstić information content (AvgIpc) is 3.02. The Labute approximate surface area is 191 Å². The minimum atomic E-state index is -3.61. The monoisotopic (exact) mass is 455 g/mol. The van der Waals surface area contributed by atoms with Gasteiger partial charge in [0.05, 0.1) is 4.90 Å². The summed E-state index contributed by atoms with van der Waals surface area (Å²) in [6.45, 7) is 7.26. The van der Waals surface area contributed by atoms with Gasteiger partial charge >= 0.3 is 0 Å². The van der Waals surface area contributed by atoms with Gasteiger partial charge in [0.25, 0.3) is 0 Å². The number of sulfonamides is 1. The minimum absolute atomic E-state index is 0.0652. The summed E-state index contributed by atoms with van der Waals surface area (Å²) in [6, 6.07) is 17.0. The third-order valence-corrected chi connectivity index (χ3v) is 8.82. The molecule has 1 atom stereocenters. The second-order valence-corrected chi connectivity index (χ2v) is 12.1. The Hall–Kier alpha value is -1.88. The normalized spacial score (nSPS) is 25.5. The molecule has 0 bridgehead atoms. The Morgan fingerprint density at radius 3 is 2.29 bits per heavy atom. The van der Waals surface area contributed by atoms with E-state index in [4.69, 9.17) is 11.6 Å². The van der Waals surface area contributed by atoms with Crippen LogP contribution in [0.4, 0.5) is 0 Å². The van der Waals surface area contributed by atoms with Gasteiger partial charge in [-0.05, 0) is 54.9 Å².